The van der Waals surface area contributed by atoms with E-state index in [1.165, 1.54) is 0 Å². The van der Waals surface area contributed by atoms with E-state index in [4.69, 9.17) is 0 Å². The summed E-state index contributed by atoms with van der Waals surface area (Å²) in [5.74, 6) is 1.33. The molecule has 8 heteroatoms. The average molecular weight is 396 g/mol. The molecule has 0 saturated heterocycles. The summed E-state index contributed by atoms with van der Waals surface area (Å²) in [5.41, 5.74) is 5.51. The SMILES string of the molecule is CCc1nnc(Nc2ccccc2)cc1-n1cnc2c(-c3ncn(C)n3)cccc21. The highest BCUT2D eigenvalue weighted by atomic mass is 15.3. The second kappa shape index (κ2) is 7.40. The molecule has 0 aliphatic heterocycles. The van der Waals surface area contributed by atoms with E-state index in [0.717, 1.165) is 40.1 Å². The van der Waals surface area contributed by atoms with Gasteiger partial charge in [-0.25, -0.2) is 9.97 Å². The van der Waals surface area contributed by atoms with Crippen LogP contribution in [0.1, 0.15) is 12.6 Å². The summed E-state index contributed by atoms with van der Waals surface area (Å²) >= 11 is 0. The molecule has 5 aromatic rings. The standard InChI is InChI=1S/C22H20N8/c1-3-17-19(12-20(27-26-17)25-15-8-5-4-6-9-15)30-14-23-21-16(10-7-11-18(21)30)22-24-13-29(2)28-22/h4-14H,3H2,1-2H3,(H,25,27). The molecule has 0 radical (unpaired) electrons. The van der Waals surface area contributed by atoms with Gasteiger partial charge < -0.3 is 5.32 Å². The van der Waals surface area contributed by atoms with Crippen molar-refractivity contribution in [2.45, 2.75) is 13.3 Å². The molecule has 3 aromatic heterocycles. The number of nitrogens with zero attached hydrogens (tertiary/aromatic N) is 7. The van der Waals surface area contributed by atoms with Crippen molar-refractivity contribution >= 4 is 22.5 Å². The van der Waals surface area contributed by atoms with Gasteiger partial charge in [0.2, 0.25) is 0 Å². The van der Waals surface area contributed by atoms with Gasteiger partial charge in [-0.2, -0.15) is 10.2 Å². The van der Waals surface area contributed by atoms with Crippen LogP contribution in [0.25, 0.3) is 28.1 Å². The molecule has 0 atom stereocenters. The summed E-state index contributed by atoms with van der Waals surface area (Å²) in [5, 5.41) is 16.5. The Balaban J connectivity index is 1.62. The molecular weight excluding hydrogens is 376 g/mol. The number of para-hydroxylation sites is 2. The van der Waals surface area contributed by atoms with Gasteiger partial charge in [-0.15, -0.1) is 5.10 Å². The van der Waals surface area contributed by atoms with Crippen LogP contribution in [-0.4, -0.2) is 34.5 Å². The highest BCUT2D eigenvalue weighted by Gasteiger charge is 2.16. The molecule has 0 spiro atoms. The molecule has 0 fully saturated rings. The number of hydrogen-bond donors (Lipinski definition) is 1. The Morgan fingerprint density at radius 2 is 1.80 bits per heavy atom. The maximum Gasteiger partial charge on any atom is 0.183 e. The molecule has 0 amide bonds. The van der Waals surface area contributed by atoms with E-state index in [0.29, 0.717) is 11.6 Å². The minimum absolute atomic E-state index is 0.656. The molecule has 30 heavy (non-hydrogen) atoms. The molecule has 3 heterocycles. The second-order valence-corrected chi connectivity index (χ2v) is 6.94. The van der Waals surface area contributed by atoms with Gasteiger partial charge in [0.1, 0.15) is 12.7 Å². The molecule has 8 nitrogen and oxygen atoms in total. The van der Waals surface area contributed by atoms with Crippen molar-refractivity contribution in [3.05, 3.63) is 72.9 Å². The largest absolute Gasteiger partial charge is 0.339 e. The zero-order valence-electron chi connectivity index (χ0n) is 16.7. The molecule has 1 N–H and O–H groups in total. The fourth-order valence-electron chi connectivity index (χ4n) is 3.47. The Bertz CT molecular complexity index is 1320. The number of rotatable bonds is 5. The van der Waals surface area contributed by atoms with E-state index in [9.17, 15) is 0 Å². The van der Waals surface area contributed by atoms with Crippen molar-refractivity contribution in [2.75, 3.05) is 5.32 Å². The van der Waals surface area contributed by atoms with E-state index in [2.05, 4.69) is 37.5 Å². The topological polar surface area (TPSA) is 86.3 Å². The first kappa shape index (κ1) is 18.0. The molecule has 0 aliphatic rings. The number of aryl methyl sites for hydroxylation is 2. The van der Waals surface area contributed by atoms with E-state index >= 15 is 0 Å². The predicted molar refractivity (Wildman–Crippen MR) is 116 cm³/mol. The Hall–Kier alpha value is -4.07. The lowest BCUT2D eigenvalue weighted by molar-refractivity contribution is 0.768. The van der Waals surface area contributed by atoms with Crippen LogP contribution in [0.5, 0.6) is 0 Å². The van der Waals surface area contributed by atoms with Gasteiger partial charge in [-0.05, 0) is 30.7 Å². The summed E-state index contributed by atoms with van der Waals surface area (Å²) in [4.78, 5) is 9.06. The quantitative estimate of drug-likeness (QED) is 0.485. The van der Waals surface area contributed by atoms with Crippen molar-refractivity contribution in [3.8, 4) is 17.1 Å². The maximum atomic E-state index is 4.67. The van der Waals surface area contributed by atoms with Gasteiger partial charge in [0.25, 0.3) is 0 Å². The van der Waals surface area contributed by atoms with Gasteiger partial charge in [0, 0.05) is 24.4 Å². The lowest BCUT2D eigenvalue weighted by Crippen LogP contribution is -2.05. The number of nitrogens with one attached hydrogen (secondary N) is 1. The zero-order chi connectivity index (χ0) is 20.5. The van der Waals surface area contributed by atoms with Crippen LogP contribution in [0, 0.1) is 0 Å². The first-order valence-corrected chi connectivity index (χ1v) is 9.74. The first-order chi connectivity index (χ1) is 14.7. The Labute approximate surface area is 173 Å². The summed E-state index contributed by atoms with van der Waals surface area (Å²) in [6, 6.07) is 18.0. The van der Waals surface area contributed by atoms with Crippen LogP contribution in [-0.2, 0) is 13.5 Å². The van der Waals surface area contributed by atoms with Crippen molar-refractivity contribution in [2.24, 2.45) is 7.05 Å². The third-order valence-corrected chi connectivity index (χ3v) is 4.91. The lowest BCUT2D eigenvalue weighted by atomic mass is 10.1. The number of fused-ring (bicyclic) bond motifs is 1. The van der Waals surface area contributed by atoms with Gasteiger partial charge in [0.15, 0.2) is 11.6 Å². The fourth-order valence-corrected chi connectivity index (χ4v) is 3.47. The van der Waals surface area contributed by atoms with E-state index < -0.39 is 0 Å². The summed E-state index contributed by atoms with van der Waals surface area (Å²) < 4.78 is 3.74. The fraction of sp³-hybridized carbons (Fsp3) is 0.136. The van der Waals surface area contributed by atoms with Crippen LogP contribution < -0.4 is 5.32 Å². The molecule has 0 unspecified atom stereocenters. The van der Waals surface area contributed by atoms with Gasteiger partial charge in [-0.3, -0.25) is 9.25 Å². The van der Waals surface area contributed by atoms with Crippen LogP contribution in [0.15, 0.2) is 67.3 Å². The monoisotopic (exact) mass is 396 g/mol. The molecule has 0 aliphatic carbocycles. The van der Waals surface area contributed by atoms with Crippen molar-refractivity contribution in [1.82, 2.24) is 34.5 Å². The molecule has 148 valence electrons. The van der Waals surface area contributed by atoms with E-state index in [1.54, 1.807) is 11.0 Å². The van der Waals surface area contributed by atoms with Crippen LogP contribution in [0.2, 0.25) is 0 Å². The molecule has 2 aromatic carbocycles. The van der Waals surface area contributed by atoms with Crippen LogP contribution in [0.3, 0.4) is 0 Å². The predicted octanol–water partition coefficient (Wildman–Crippen LogP) is 3.92. The minimum Gasteiger partial charge on any atom is -0.339 e. The highest BCUT2D eigenvalue weighted by molar-refractivity contribution is 5.91. The number of aromatic nitrogens is 7. The third kappa shape index (κ3) is 3.18. The number of anilines is 2. The molecule has 0 bridgehead atoms. The smallest absolute Gasteiger partial charge is 0.183 e. The molecule has 0 saturated carbocycles. The highest BCUT2D eigenvalue weighted by Crippen LogP contribution is 2.28. The normalized spacial score (nSPS) is 11.1. The average Bonchev–Trinajstić information content (AvgIpc) is 3.40. The van der Waals surface area contributed by atoms with Crippen molar-refractivity contribution < 1.29 is 0 Å². The number of hydrogen-bond acceptors (Lipinski definition) is 6. The van der Waals surface area contributed by atoms with E-state index in [-0.39, 0.29) is 0 Å². The Morgan fingerprint density at radius 3 is 2.57 bits per heavy atom. The second-order valence-electron chi connectivity index (χ2n) is 6.94. The Kier molecular flexibility index (Phi) is 4.44. The van der Waals surface area contributed by atoms with Crippen LogP contribution >= 0.6 is 0 Å². The molecule has 5 rings (SSSR count). The maximum absolute atomic E-state index is 4.67. The number of benzene rings is 2. The first-order valence-electron chi connectivity index (χ1n) is 9.74. The summed E-state index contributed by atoms with van der Waals surface area (Å²) in [6.45, 7) is 2.07. The van der Waals surface area contributed by atoms with Gasteiger partial charge in [-0.1, -0.05) is 31.2 Å². The van der Waals surface area contributed by atoms with Gasteiger partial charge in [0.05, 0.1) is 22.4 Å². The van der Waals surface area contributed by atoms with E-state index in [1.807, 2.05) is 72.5 Å². The Morgan fingerprint density at radius 1 is 0.933 bits per heavy atom. The van der Waals surface area contributed by atoms with Crippen molar-refractivity contribution in [3.63, 3.8) is 0 Å². The number of imidazole rings is 1. The summed E-state index contributed by atoms with van der Waals surface area (Å²) in [6.07, 6.45) is 4.27. The lowest BCUT2D eigenvalue weighted by Gasteiger charge is -2.12. The zero-order valence-corrected chi connectivity index (χ0v) is 16.7. The van der Waals surface area contributed by atoms with Crippen LogP contribution in [0.4, 0.5) is 11.5 Å². The summed E-state index contributed by atoms with van der Waals surface area (Å²) in [7, 11) is 1.85. The third-order valence-electron chi connectivity index (χ3n) is 4.91. The molecular formula is C22H20N8. The minimum atomic E-state index is 0.656. The van der Waals surface area contributed by atoms with Crippen molar-refractivity contribution in [1.29, 1.82) is 0 Å². The van der Waals surface area contributed by atoms with Gasteiger partial charge >= 0.3 is 0 Å².